The van der Waals surface area contributed by atoms with E-state index in [0.29, 0.717) is 18.4 Å². The van der Waals surface area contributed by atoms with E-state index in [1.165, 1.54) is 18.2 Å². The normalized spacial score (nSPS) is 16.5. The molecule has 0 aromatic heterocycles. The van der Waals surface area contributed by atoms with E-state index >= 15 is 0 Å². The van der Waals surface area contributed by atoms with Crippen LogP contribution < -0.4 is 0 Å². The summed E-state index contributed by atoms with van der Waals surface area (Å²) in [4.78, 5) is 21.0. The van der Waals surface area contributed by atoms with Gasteiger partial charge >= 0.3 is 5.97 Å². The van der Waals surface area contributed by atoms with Gasteiger partial charge in [-0.2, -0.15) is 0 Å². The van der Waals surface area contributed by atoms with Gasteiger partial charge in [-0.15, -0.1) is 0 Å². The fraction of sp³-hybridized carbons (Fsp3) is 0.364. The third-order valence-corrected chi connectivity index (χ3v) is 3.11. The number of nitrogens with zero attached hydrogens (tertiary/aromatic N) is 1. The predicted octanol–water partition coefficient (Wildman–Crippen LogP) is 1.71. The molecule has 0 aliphatic heterocycles. The molecule has 6 nitrogen and oxygen atoms in total. The van der Waals surface area contributed by atoms with Crippen LogP contribution in [0.1, 0.15) is 18.4 Å². The number of benzene rings is 1. The molecule has 1 aromatic carbocycles. The lowest BCUT2D eigenvalue weighted by Crippen LogP contribution is -2.17. The molecule has 2 N–H and O–H groups in total. The molecule has 1 saturated carbocycles. The number of non-ortho nitro benzene ring substituents is 1. The summed E-state index contributed by atoms with van der Waals surface area (Å²) in [5.41, 5.74) is -0.662. The molecule has 17 heavy (non-hydrogen) atoms. The van der Waals surface area contributed by atoms with Gasteiger partial charge in [-0.25, -0.2) is 0 Å². The number of nitro groups is 1. The largest absolute Gasteiger partial charge is 0.508 e. The Bertz CT molecular complexity index is 493. The zero-order valence-corrected chi connectivity index (χ0v) is 8.92. The van der Waals surface area contributed by atoms with Crippen LogP contribution in [0.4, 0.5) is 5.69 Å². The molecule has 0 unspecified atom stereocenters. The minimum absolute atomic E-state index is 0.0943. The van der Waals surface area contributed by atoms with Crippen LogP contribution in [0, 0.1) is 15.5 Å². The number of phenolic OH excluding ortho intramolecular Hbond substituents is 1. The molecule has 0 atom stereocenters. The number of rotatable bonds is 4. The van der Waals surface area contributed by atoms with Crippen LogP contribution in [-0.4, -0.2) is 21.1 Å². The van der Waals surface area contributed by atoms with Gasteiger partial charge in [-0.1, -0.05) is 0 Å². The maximum atomic E-state index is 11.0. The average Bonchev–Trinajstić information content (AvgIpc) is 3.02. The van der Waals surface area contributed by atoms with Crippen LogP contribution in [0.3, 0.4) is 0 Å². The Morgan fingerprint density at radius 2 is 2.12 bits per heavy atom. The van der Waals surface area contributed by atoms with Gasteiger partial charge < -0.3 is 10.2 Å². The van der Waals surface area contributed by atoms with E-state index in [0.717, 1.165) is 0 Å². The smallest absolute Gasteiger partial charge is 0.309 e. The molecule has 0 amide bonds. The summed E-state index contributed by atoms with van der Waals surface area (Å²) < 4.78 is 0. The van der Waals surface area contributed by atoms with Crippen LogP contribution in [0.5, 0.6) is 5.75 Å². The zero-order valence-electron chi connectivity index (χ0n) is 8.92. The van der Waals surface area contributed by atoms with Crippen LogP contribution >= 0.6 is 0 Å². The lowest BCUT2D eigenvalue weighted by molar-refractivity contribution is -0.384. The second-order valence-corrected chi connectivity index (χ2v) is 4.33. The SMILES string of the molecule is O=C(O)C1(Cc2cc([N+](=O)[O-])ccc2O)CC1. The molecule has 0 radical (unpaired) electrons. The zero-order chi connectivity index (χ0) is 12.6. The summed E-state index contributed by atoms with van der Waals surface area (Å²) in [7, 11) is 0. The van der Waals surface area contributed by atoms with E-state index in [2.05, 4.69) is 0 Å². The van der Waals surface area contributed by atoms with Gasteiger partial charge in [-0.05, 0) is 25.3 Å². The molecular weight excluding hydrogens is 226 g/mol. The van der Waals surface area contributed by atoms with E-state index in [1.54, 1.807) is 0 Å². The van der Waals surface area contributed by atoms with Crippen molar-refractivity contribution in [2.45, 2.75) is 19.3 Å². The van der Waals surface area contributed by atoms with Gasteiger partial charge in [0.2, 0.25) is 0 Å². The van der Waals surface area contributed by atoms with Gasteiger partial charge in [0.05, 0.1) is 10.3 Å². The first-order valence-corrected chi connectivity index (χ1v) is 5.14. The molecule has 1 aliphatic carbocycles. The monoisotopic (exact) mass is 237 g/mol. The molecule has 0 bridgehead atoms. The van der Waals surface area contributed by atoms with E-state index in [1.807, 2.05) is 0 Å². The highest BCUT2D eigenvalue weighted by molar-refractivity contribution is 5.78. The van der Waals surface area contributed by atoms with Crippen LogP contribution in [-0.2, 0) is 11.2 Å². The first-order chi connectivity index (χ1) is 7.94. The van der Waals surface area contributed by atoms with Crippen molar-refractivity contribution in [2.75, 3.05) is 0 Å². The topological polar surface area (TPSA) is 101 Å². The maximum absolute atomic E-state index is 11.0. The summed E-state index contributed by atoms with van der Waals surface area (Å²) in [6.45, 7) is 0. The molecule has 90 valence electrons. The molecule has 0 saturated heterocycles. The summed E-state index contributed by atoms with van der Waals surface area (Å²) in [6.07, 6.45) is 1.23. The summed E-state index contributed by atoms with van der Waals surface area (Å²) in [5.74, 6) is -1.01. The maximum Gasteiger partial charge on any atom is 0.309 e. The number of aliphatic carboxylic acids is 1. The second-order valence-electron chi connectivity index (χ2n) is 4.33. The Morgan fingerprint density at radius 1 is 1.47 bits per heavy atom. The molecule has 1 aromatic rings. The van der Waals surface area contributed by atoms with Gasteiger partial charge in [0, 0.05) is 17.7 Å². The van der Waals surface area contributed by atoms with E-state index in [4.69, 9.17) is 5.11 Å². The van der Waals surface area contributed by atoms with Gasteiger partial charge in [0.1, 0.15) is 5.75 Å². The predicted molar refractivity (Wildman–Crippen MR) is 57.8 cm³/mol. The first kappa shape index (κ1) is 11.4. The third kappa shape index (κ3) is 2.06. The molecule has 2 rings (SSSR count). The van der Waals surface area contributed by atoms with Gasteiger partial charge in [0.25, 0.3) is 5.69 Å². The van der Waals surface area contributed by atoms with Crippen LogP contribution in [0.2, 0.25) is 0 Å². The lowest BCUT2D eigenvalue weighted by atomic mass is 9.96. The number of carboxylic acids is 1. The highest BCUT2D eigenvalue weighted by Gasteiger charge is 2.50. The minimum Gasteiger partial charge on any atom is -0.508 e. The molecule has 1 fully saturated rings. The van der Waals surface area contributed by atoms with Crippen molar-refractivity contribution in [3.8, 4) is 5.75 Å². The molecule has 6 heteroatoms. The number of carbonyl (C=O) groups is 1. The number of hydrogen-bond acceptors (Lipinski definition) is 4. The summed E-state index contributed by atoms with van der Waals surface area (Å²) >= 11 is 0. The first-order valence-electron chi connectivity index (χ1n) is 5.14. The van der Waals surface area contributed by atoms with Crippen LogP contribution in [0.15, 0.2) is 18.2 Å². The van der Waals surface area contributed by atoms with Crippen molar-refractivity contribution < 1.29 is 19.9 Å². The summed E-state index contributed by atoms with van der Waals surface area (Å²) in [5, 5.41) is 29.2. The van der Waals surface area contributed by atoms with Gasteiger partial charge in [-0.3, -0.25) is 14.9 Å². The lowest BCUT2D eigenvalue weighted by Gasteiger charge is -2.10. The Balaban J connectivity index is 2.29. The fourth-order valence-corrected chi connectivity index (χ4v) is 1.81. The van der Waals surface area contributed by atoms with Crippen molar-refractivity contribution >= 4 is 11.7 Å². The van der Waals surface area contributed by atoms with Crippen molar-refractivity contribution in [2.24, 2.45) is 5.41 Å². The number of nitro benzene ring substituents is 1. The molecular formula is C11H11NO5. The Morgan fingerprint density at radius 3 is 2.59 bits per heavy atom. The van der Waals surface area contributed by atoms with Crippen molar-refractivity contribution in [3.63, 3.8) is 0 Å². The van der Waals surface area contributed by atoms with E-state index in [-0.39, 0.29) is 17.9 Å². The Kier molecular flexibility index (Phi) is 2.49. The highest BCUT2D eigenvalue weighted by Crippen LogP contribution is 2.49. The van der Waals surface area contributed by atoms with Crippen molar-refractivity contribution in [1.82, 2.24) is 0 Å². The molecule has 0 heterocycles. The number of carboxylic acid groups (broad SMARTS) is 1. The fourth-order valence-electron chi connectivity index (χ4n) is 1.81. The average molecular weight is 237 g/mol. The number of aromatic hydroxyl groups is 1. The number of hydrogen-bond donors (Lipinski definition) is 2. The molecule has 0 spiro atoms. The quantitative estimate of drug-likeness (QED) is 0.613. The Labute approximate surface area is 96.7 Å². The van der Waals surface area contributed by atoms with E-state index < -0.39 is 16.3 Å². The minimum atomic E-state index is -0.914. The third-order valence-electron chi connectivity index (χ3n) is 3.11. The van der Waals surface area contributed by atoms with E-state index in [9.17, 15) is 20.0 Å². The standard InChI is InChI=1S/C11H11NO5/c13-9-2-1-8(12(16)17)5-7(9)6-11(3-4-11)10(14)15/h1-2,5,13H,3-4,6H2,(H,14,15). The van der Waals surface area contributed by atoms with Crippen molar-refractivity contribution in [3.05, 3.63) is 33.9 Å². The summed E-state index contributed by atoms with van der Waals surface area (Å²) in [6, 6.07) is 3.66. The van der Waals surface area contributed by atoms with Crippen molar-refractivity contribution in [1.29, 1.82) is 0 Å². The second kappa shape index (κ2) is 3.73. The van der Waals surface area contributed by atoms with Gasteiger partial charge in [0.15, 0.2) is 0 Å². The Hall–Kier alpha value is -2.11. The molecule has 1 aliphatic rings. The highest BCUT2D eigenvalue weighted by atomic mass is 16.6. The number of phenols is 1. The van der Waals surface area contributed by atoms with Crippen LogP contribution in [0.25, 0.3) is 0 Å².